The maximum atomic E-state index is 12.5. The van der Waals surface area contributed by atoms with E-state index in [1.807, 2.05) is 6.92 Å². The second-order valence-electron chi connectivity index (χ2n) is 5.09. The van der Waals surface area contributed by atoms with Gasteiger partial charge in [-0.15, -0.1) is 0 Å². The Labute approximate surface area is 125 Å². The SMILES string of the molecule is COC(=O)[C@@H](NS(=O)(=O)c1c(C)cc(C)cc1C)[C@@H](C)O. The van der Waals surface area contributed by atoms with Crippen LogP contribution in [0.3, 0.4) is 0 Å². The Bertz CT molecular complexity index is 614. The molecule has 0 bridgehead atoms. The summed E-state index contributed by atoms with van der Waals surface area (Å²) >= 11 is 0. The van der Waals surface area contributed by atoms with Crippen molar-refractivity contribution in [2.24, 2.45) is 0 Å². The number of ether oxygens (including phenoxy) is 1. The first kappa shape index (κ1) is 17.6. The predicted molar refractivity (Wildman–Crippen MR) is 78.5 cm³/mol. The molecule has 6 nitrogen and oxygen atoms in total. The van der Waals surface area contributed by atoms with Crippen molar-refractivity contribution >= 4 is 16.0 Å². The largest absolute Gasteiger partial charge is 0.468 e. The van der Waals surface area contributed by atoms with Gasteiger partial charge in [0.05, 0.1) is 18.1 Å². The van der Waals surface area contributed by atoms with E-state index in [0.29, 0.717) is 11.1 Å². The van der Waals surface area contributed by atoms with E-state index in [2.05, 4.69) is 9.46 Å². The topological polar surface area (TPSA) is 92.7 Å². The van der Waals surface area contributed by atoms with Crippen molar-refractivity contribution in [1.82, 2.24) is 4.72 Å². The minimum atomic E-state index is -3.95. The van der Waals surface area contributed by atoms with E-state index < -0.39 is 28.1 Å². The quantitative estimate of drug-likeness (QED) is 0.785. The Kier molecular flexibility index (Phi) is 5.49. The molecule has 118 valence electrons. The Balaban J connectivity index is 3.26. The van der Waals surface area contributed by atoms with Gasteiger partial charge in [0.25, 0.3) is 0 Å². The molecule has 0 unspecified atom stereocenters. The minimum absolute atomic E-state index is 0.114. The van der Waals surface area contributed by atoms with Crippen LogP contribution in [-0.4, -0.2) is 38.7 Å². The normalized spacial score (nSPS) is 14.6. The highest BCUT2D eigenvalue weighted by Crippen LogP contribution is 2.22. The smallest absolute Gasteiger partial charge is 0.326 e. The number of rotatable bonds is 5. The van der Waals surface area contributed by atoms with Gasteiger partial charge in [0, 0.05) is 0 Å². The summed E-state index contributed by atoms with van der Waals surface area (Å²) in [6.07, 6.45) is -1.21. The van der Waals surface area contributed by atoms with Crippen LogP contribution in [0.2, 0.25) is 0 Å². The minimum Gasteiger partial charge on any atom is -0.468 e. The number of aliphatic hydroxyl groups excluding tert-OH is 1. The van der Waals surface area contributed by atoms with Gasteiger partial charge in [-0.1, -0.05) is 17.7 Å². The molecule has 0 aliphatic carbocycles. The van der Waals surface area contributed by atoms with Crippen LogP contribution in [0.1, 0.15) is 23.6 Å². The molecule has 0 saturated carbocycles. The van der Waals surface area contributed by atoms with Crippen LogP contribution in [0.5, 0.6) is 0 Å². The zero-order valence-electron chi connectivity index (χ0n) is 12.8. The fourth-order valence-corrected chi connectivity index (χ4v) is 4.00. The molecule has 0 spiro atoms. The molecule has 0 heterocycles. The molecule has 1 rings (SSSR count). The molecule has 0 aliphatic rings. The zero-order chi connectivity index (χ0) is 16.4. The van der Waals surface area contributed by atoms with E-state index in [1.165, 1.54) is 6.92 Å². The monoisotopic (exact) mass is 315 g/mol. The van der Waals surface area contributed by atoms with Gasteiger partial charge in [0.1, 0.15) is 6.04 Å². The summed E-state index contributed by atoms with van der Waals surface area (Å²) in [7, 11) is -2.82. The summed E-state index contributed by atoms with van der Waals surface area (Å²) < 4.78 is 31.7. The molecule has 2 N–H and O–H groups in total. The lowest BCUT2D eigenvalue weighted by atomic mass is 10.1. The molecule has 0 radical (unpaired) electrons. The molecule has 0 aromatic heterocycles. The number of esters is 1. The highest BCUT2D eigenvalue weighted by Gasteiger charge is 2.31. The number of aliphatic hydroxyl groups is 1. The second-order valence-corrected chi connectivity index (χ2v) is 6.74. The van der Waals surface area contributed by atoms with Gasteiger partial charge in [0.2, 0.25) is 10.0 Å². The van der Waals surface area contributed by atoms with Crippen LogP contribution in [0.15, 0.2) is 17.0 Å². The second kappa shape index (κ2) is 6.55. The highest BCUT2D eigenvalue weighted by molar-refractivity contribution is 7.89. The molecular weight excluding hydrogens is 294 g/mol. The van der Waals surface area contributed by atoms with Crippen LogP contribution < -0.4 is 4.72 Å². The zero-order valence-corrected chi connectivity index (χ0v) is 13.6. The summed E-state index contributed by atoms with van der Waals surface area (Å²) in [6.45, 7) is 6.56. The summed E-state index contributed by atoms with van der Waals surface area (Å²) in [4.78, 5) is 11.7. The van der Waals surface area contributed by atoms with E-state index >= 15 is 0 Å². The van der Waals surface area contributed by atoms with Gasteiger partial charge >= 0.3 is 5.97 Å². The summed E-state index contributed by atoms with van der Waals surface area (Å²) in [6, 6.07) is 2.15. The number of hydrogen-bond acceptors (Lipinski definition) is 5. The van der Waals surface area contributed by atoms with Crippen LogP contribution in [0, 0.1) is 20.8 Å². The first-order chi connectivity index (χ1) is 9.60. The van der Waals surface area contributed by atoms with Gasteiger partial charge in [0.15, 0.2) is 0 Å². The van der Waals surface area contributed by atoms with Crippen molar-refractivity contribution in [1.29, 1.82) is 0 Å². The van der Waals surface area contributed by atoms with E-state index in [9.17, 15) is 18.3 Å². The average Bonchev–Trinajstić information content (AvgIpc) is 2.33. The molecule has 7 heteroatoms. The van der Waals surface area contributed by atoms with Crippen molar-refractivity contribution in [3.05, 3.63) is 28.8 Å². The molecule has 1 aromatic carbocycles. The first-order valence-electron chi connectivity index (χ1n) is 6.46. The third-order valence-electron chi connectivity index (χ3n) is 3.09. The lowest BCUT2D eigenvalue weighted by Crippen LogP contribution is -2.48. The molecule has 0 aliphatic heterocycles. The van der Waals surface area contributed by atoms with Crippen molar-refractivity contribution in [2.75, 3.05) is 7.11 Å². The Morgan fingerprint density at radius 2 is 1.71 bits per heavy atom. The lowest BCUT2D eigenvalue weighted by molar-refractivity contribution is -0.145. The van der Waals surface area contributed by atoms with Crippen LogP contribution in [0.4, 0.5) is 0 Å². The lowest BCUT2D eigenvalue weighted by Gasteiger charge is -2.20. The average molecular weight is 315 g/mol. The summed E-state index contributed by atoms with van der Waals surface area (Å²) in [5.41, 5.74) is 2.10. The number of methoxy groups -OCH3 is 1. The number of carbonyl (C=O) groups excluding carboxylic acids is 1. The van der Waals surface area contributed by atoms with Crippen LogP contribution in [-0.2, 0) is 19.6 Å². The van der Waals surface area contributed by atoms with Crippen molar-refractivity contribution < 1.29 is 23.1 Å². The maximum absolute atomic E-state index is 12.5. The van der Waals surface area contributed by atoms with Crippen molar-refractivity contribution in [3.63, 3.8) is 0 Å². The van der Waals surface area contributed by atoms with E-state index in [1.54, 1.807) is 26.0 Å². The number of sulfonamides is 1. The predicted octanol–water partition coefficient (Wildman–Crippen LogP) is 0.813. The van der Waals surface area contributed by atoms with Crippen LogP contribution >= 0.6 is 0 Å². The molecule has 0 saturated heterocycles. The van der Waals surface area contributed by atoms with Crippen molar-refractivity contribution in [3.8, 4) is 0 Å². The first-order valence-corrected chi connectivity index (χ1v) is 7.94. The van der Waals surface area contributed by atoms with Crippen molar-refractivity contribution in [2.45, 2.75) is 44.7 Å². The van der Waals surface area contributed by atoms with Gasteiger partial charge < -0.3 is 9.84 Å². The van der Waals surface area contributed by atoms with Gasteiger partial charge in [-0.2, -0.15) is 4.72 Å². The third-order valence-corrected chi connectivity index (χ3v) is 4.84. The van der Waals surface area contributed by atoms with E-state index in [0.717, 1.165) is 12.7 Å². The standard InChI is InChI=1S/C14H21NO5S/c1-8-6-9(2)13(10(3)7-8)21(18,19)15-12(11(4)16)14(17)20-5/h6-7,11-12,15-16H,1-5H3/t11-,12+/m1/s1. The van der Waals surface area contributed by atoms with E-state index in [-0.39, 0.29) is 4.90 Å². The fraction of sp³-hybridized carbons (Fsp3) is 0.500. The molecule has 2 atom stereocenters. The molecular formula is C14H21NO5S. The molecule has 0 fully saturated rings. The number of carbonyl (C=O) groups is 1. The Hall–Kier alpha value is -1.44. The Morgan fingerprint density at radius 1 is 1.24 bits per heavy atom. The molecule has 1 aromatic rings. The van der Waals surface area contributed by atoms with Gasteiger partial charge in [-0.25, -0.2) is 8.42 Å². The summed E-state index contributed by atoms with van der Waals surface area (Å²) in [5, 5.41) is 9.58. The highest BCUT2D eigenvalue weighted by atomic mass is 32.2. The maximum Gasteiger partial charge on any atom is 0.326 e. The summed E-state index contributed by atoms with van der Waals surface area (Å²) in [5.74, 6) is -0.837. The third kappa shape index (κ3) is 4.03. The number of nitrogens with one attached hydrogen (secondary N) is 1. The number of benzene rings is 1. The fourth-order valence-electron chi connectivity index (χ4n) is 2.29. The Morgan fingerprint density at radius 3 is 2.10 bits per heavy atom. The number of aryl methyl sites for hydroxylation is 3. The van der Waals surface area contributed by atoms with Crippen LogP contribution in [0.25, 0.3) is 0 Å². The van der Waals surface area contributed by atoms with Gasteiger partial charge in [-0.05, 0) is 38.8 Å². The van der Waals surface area contributed by atoms with E-state index in [4.69, 9.17) is 0 Å². The number of hydrogen-bond donors (Lipinski definition) is 2. The molecule has 21 heavy (non-hydrogen) atoms. The molecule has 0 amide bonds. The van der Waals surface area contributed by atoms with Gasteiger partial charge in [-0.3, -0.25) is 4.79 Å².